The molecule has 1 N–H and O–H groups in total. The van der Waals surface area contributed by atoms with Crippen LogP contribution >= 0.6 is 0 Å². The van der Waals surface area contributed by atoms with E-state index in [9.17, 15) is 0 Å². The molecule has 0 radical (unpaired) electrons. The summed E-state index contributed by atoms with van der Waals surface area (Å²) in [5.74, 6) is 0.450. The molecule has 2 aromatic heterocycles. The molecule has 6 heteroatoms. The molecule has 6 nitrogen and oxygen atoms in total. The number of rotatable bonds is 4. The summed E-state index contributed by atoms with van der Waals surface area (Å²) in [6.45, 7) is 2.96. The smallest absolute Gasteiger partial charge is 0.183 e. The van der Waals surface area contributed by atoms with Crippen LogP contribution in [0.15, 0.2) is 24.8 Å². The molecule has 17 heavy (non-hydrogen) atoms. The molecule has 2 rings (SSSR count). The molecule has 0 atom stereocenters. The van der Waals surface area contributed by atoms with Crippen molar-refractivity contribution in [2.24, 2.45) is 0 Å². The van der Waals surface area contributed by atoms with Crippen LogP contribution in [0, 0.1) is 11.3 Å². The van der Waals surface area contributed by atoms with Gasteiger partial charge in [0.2, 0.25) is 0 Å². The van der Waals surface area contributed by atoms with Gasteiger partial charge >= 0.3 is 0 Å². The highest BCUT2D eigenvalue weighted by atomic mass is 15.3. The molecule has 0 unspecified atom stereocenters. The predicted octanol–water partition coefficient (Wildman–Crippen LogP) is 1.70. The van der Waals surface area contributed by atoms with Gasteiger partial charge in [0.05, 0.1) is 11.9 Å². The number of aromatic nitrogens is 4. The van der Waals surface area contributed by atoms with Crippen LogP contribution in [-0.4, -0.2) is 19.7 Å². The molecule has 0 fully saturated rings. The number of nitrogens with one attached hydrogen (secondary N) is 1. The Kier molecular flexibility index (Phi) is 3.31. The van der Waals surface area contributed by atoms with E-state index in [1.165, 1.54) is 6.20 Å². The fourth-order valence-electron chi connectivity index (χ4n) is 1.43. The number of nitrogens with zero attached hydrogens (tertiary/aromatic N) is 5. The van der Waals surface area contributed by atoms with E-state index >= 15 is 0 Å². The molecule has 0 saturated carbocycles. The molecule has 0 aromatic carbocycles. The monoisotopic (exact) mass is 228 g/mol. The minimum absolute atomic E-state index is 0.274. The lowest BCUT2D eigenvalue weighted by Crippen LogP contribution is -1.98. The maximum Gasteiger partial charge on any atom is 0.183 e. The van der Waals surface area contributed by atoms with E-state index in [0.717, 1.165) is 18.7 Å². The first-order valence-corrected chi connectivity index (χ1v) is 5.34. The van der Waals surface area contributed by atoms with Gasteiger partial charge in [-0.15, -0.1) is 0 Å². The third kappa shape index (κ3) is 2.58. The summed E-state index contributed by atoms with van der Waals surface area (Å²) in [6.07, 6.45) is 7.63. The van der Waals surface area contributed by atoms with E-state index in [2.05, 4.69) is 27.3 Å². The largest absolute Gasteiger partial charge is 0.335 e. The second-order valence-corrected chi connectivity index (χ2v) is 3.48. The third-order valence-electron chi connectivity index (χ3n) is 2.15. The van der Waals surface area contributed by atoms with Gasteiger partial charge in [0.15, 0.2) is 11.5 Å². The quantitative estimate of drug-likeness (QED) is 0.861. The Morgan fingerprint density at radius 2 is 2.24 bits per heavy atom. The van der Waals surface area contributed by atoms with Crippen LogP contribution in [0.4, 0.5) is 11.5 Å². The van der Waals surface area contributed by atoms with Crippen molar-refractivity contribution in [1.29, 1.82) is 5.26 Å². The molecule has 86 valence electrons. The van der Waals surface area contributed by atoms with E-state index < -0.39 is 0 Å². The van der Waals surface area contributed by atoms with E-state index in [1.807, 2.05) is 16.9 Å². The lowest BCUT2D eigenvalue weighted by Gasteiger charge is -2.02. The second kappa shape index (κ2) is 5.07. The lowest BCUT2D eigenvalue weighted by atomic mass is 10.4. The Morgan fingerprint density at radius 3 is 3.00 bits per heavy atom. The lowest BCUT2D eigenvalue weighted by molar-refractivity contribution is 0.603. The van der Waals surface area contributed by atoms with Gasteiger partial charge in [-0.1, -0.05) is 6.92 Å². The van der Waals surface area contributed by atoms with Gasteiger partial charge in [0.25, 0.3) is 0 Å². The Morgan fingerprint density at radius 1 is 1.41 bits per heavy atom. The van der Waals surface area contributed by atoms with Crippen LogP contribution < -0.4 is 5.32 Å². The number of hydrogen-bond acceptors (Lipinski definition) is 5. The summed E-state index contributed by atoms with van der Waals surface area (Å²) >= 11 is 0. The molecule has 0 saturated heterocycles. The van der Waals surface area contributed by atoms with Gasteiger partial charge in [0, 0.05) is 25.1 Å². The Hall–Kier alpha value is -2.42. The number of hydrogen-bond donors (Lipinski definition) is 1. The first-order chi connectivity index (χ1) is 8.33. The van der Waals surface area contributed by atoms with Crippen molar-refractivity contribution in [2.75, 3.05) is 5.32 Å². The average molecular weight is 228 g/mol. The summed E-state index contributed by atoms with van der Waals surface area (Å²) in [5.41, 5.74) is 1.08. The predicted molar refractivity (Wildman–Crippen MR) is 62.5 cm³/mol. The van der Waals surface area contributed by atoms with Crippen molar-refractivity contribution >= 4 is 11.5 Å². The summed E-state index contributed by atoms with van der Waals surface area (Å²) in [4.78, 5) is 7.99. The average Bonchev–Trinajstić information content (AvgIpc) is 2.78. The van der Waals surface area contributed by atoms with Crippen molar-refractivity contribution in [3.05, 3.63) is 30.5 Å². The maximum absolute atomic E-state index is 8.87. The molecule has 2 aromatic rings. The van der Waals surface area contributed by atoms with Gasteiger partial charge in [0.1, 0.15) is 6.07 Å². The minimum Gasteiger partial charge on any atom is -0.335 e. The van der Waals surface area contributed by atoms with E-state index in [0.29, 0.717) is 5.82 Å². The summed E-state index contributed by atoms with van der Waals surface area (Å²) < 4.78 is 1.84. The molecular weight excluding hydrogens is 216 g/mol. The Bertz CT molecular complexity index is 539. The molecule has 0 aliphatic rings. The fourth-order valence-corrected chi connectivity index (χ4v) is 1.43. The first kappa shape index (κ1) is 11.1. The zero-order valence-electron chi connectivity index (χ0n) is 9.46. The van der Waals surface area contributed by atoms with Gasteiger partial charge in [-0.25, -0.2) is 9.97 Å². The van der Waals surface area contributed by atoms with Crippen LogP contribution in [0.25, 0.3) is 0 Å². The Labute approximate surface area is 98.9 Å². The molecule has 2 heterocycles. The highest BCUT2D eigenvalue weighted by Crippen LogP contribution is 2.15. The van der Waals surface area contributed by atoms with E-state index in [-0.39, 0.29) is 5.69 Å². The van der Waals surface area contributed by atoms with Crippen LogP contribution in [0.3, 0.4) is 0 Å². The molecule has 0 spiro atoms. The normalized spacial score (nSPS) is 9.88. The van der Waals surface area contributed by atoms with Crippen molar-refractivity contribution in [3.63, 3.8) is 0 Å². The number of aryl methyl sites for hydroxylation is 1. The summed E-state index contributed by atoms with van der Waals surface area (Å²) in [5, 5.41) is 16.1. The van der Waals surface area contributed by atoms with Crippen LogP contribution in [0.2, 0.25) is 0 Å². The minimum atomic E-state index is 0.274. The zero-order valence-corrected chi connectivity index (χ0v) is 9.46. The fraction of sp³-hybridized carbons (Fsp3) is 0.273. The molecule has 0 aliphatic heterocycles. The van der Waals surface area contributed by atoms with Crippen molar-refractivity contribution in [3.8, 4) is 6.07 Å². The molecule has 0 aliphatic carbocycles. The standard InChI is InChI=1S/C11H12N6/c1-2-5-17-8-9(7-15-17)16-11-10(6-12)13-3-4-14-11/h3-4,7-8H,2,5H2,1H3,(H,14,16). The molecule has 0 amide bonds. The van der Waals surface area contributed by atoms with E-state index in [4.69, 9.17) is 5.26 Å². The van der Waals surface area contributed by atoms with Gasteiger partial charge in [-0.2, -0.15) is 10.4 Å². The first-order valence-electron chi connectivity index (χ1n) is 5.34. The highest BCUT2D eigenvalue weighted by molar-refractivity contribution is 5.58. The second-order valence-electron chi connectivity index (χ2n) is 3.48. The van der Waals surface area contributed by atoms with Gasteiger partial charge < -0.3 is 5.32 Å². The Balaban J connectivity index is 2.17. The van der Waals surface area contributed by atoms with Gasteiger partial charge in [-0.3, -0.25) is 4.68 Å². The van der Waals surface area contributed by atoms with Gasteiger partial charge in [-0.05, 0) is 6.42 Å². The van der Waals surface area contributed by atoms with Crippen molar-refractivity contribution in [1.82, 2.24) is 19.7 Å². The summed E-state index contributed by atoms with van der Waals surface area (Å²) in [6, 6.07) is 1.98. The van der Waals surface area contributed by atoms with Crippen LogP contribution in [0.5, 0.6) is 0 Å². The third-order valence-corrected chi connectivity index (χ3v) is 2.15. The molecular formula is C11H12N6. The number of nitriles is 1. The van der Waals surface area contributed by atoms with E-state index in [1.54, 1.807) is 12.4 Å². The number of anilines is 2. The van der Waals surface area contributed by atoms with Crippen LogP contribution in [-0.2, 0) is 6.54 Å². The summed E-state index contributed by atoms with van der Waals surface area (Å²) in [7, 11) is 0. The van der Waals surface area contributed by atoms with Crippen molar-refractivity contribution in [2.45, 2.75) is 19.9 Å². The topological polar surface area (TPSA) is 79.4 Å². The zero-order chi connectivity index (χ0) is 12.1. The molecule has 0 bridgehead atoms. The highest BCUT2D eigenvalue weighted by Gasteiger charge is 2.05. The SMILES string of the molecule is CCCn1cc(Nc2nccnc2C#N)cn1. The van der Waals surface area contributed by atoms with Crippen LogP contribution in [0.1, 0.15) is 19.0 Å². The maximum atomic E-state index is 8.87. The van der Waals surface area contributed by atoms with Crippen molar-refractivity contribution < 1.29 is 0 Å².